The molecule has 0 radical (unpaired) electrons. The molecule has 0 amide bonds. The van der Waals surface area contributed by atoms with Gasteiger partial charge in [-0.15, -0.1) is 11.3 Å². The lowest BCUT2D eigenvalue weighted by Crippen LogP contribution is -2.25. The summed E-state index contributed by atoms with van der Waals surface area (Å²) >= 11 is 5.33. The molecule has 0 aliphatic carbocycles. The molecule has 0 aliphatic rings. The summed E-state index contributed by atoms with van der Waals surface area (Å²) in [5.41, 5.74) is 7.60. The van der Waals surface area contributed by atoms with Gasteiger partial charge in [-0.25, -0.2) is 0 Å². The predicted molar refractivity (Wildman–Crippen MR) is 91.4 cm³/mol. The Balaban J connectivity index is 1.74. The molecule has 2 aromatic carbocycles. The number of nitrogens with two attached hydrogens (primary N) is 1. The molecule has 1 aromatic heterocycles. The summed E-state index contributed by atoms with van der Waals surface area (Å²) < 4.78 is 1.18. The smallest absolute Gasteiger partial charge is 0.0314 e. The van der Waals surface area contributed by atoms with Crippen LogP contribution in [0.4, 0.5) is 0 Å². The van der Waals surface area contributed by atoms with E-state index in [-0.39, 0.29) is 6.04 Å². The van der Waals surface area contributed by atoms with Crippen LogP contribution in [-0.2, 0) is 12.8 Å². The van der Waals surface area contributed by atoms with Crippen molar-refractivity contribution in [2.75, 3.05) is 0 Å². The monoisotopic (exact) mass is 345 g/mol. The summed E-state index contributed by atoms with van der Waals surface area (Å²) in [7, 11) is 0. The van der Waals surface area contributed by atoms with Gasteiger partial charge in [-0.3, -0.25) is 0 Å². The third-order valence-electron chi connectivity index (χ3n) is 3.45. The zero-order valence-corrected chi connectivity index (χ0v) is 13.5. The van der Waals surface area contributed by atoms with E-state index in [1.807, 2.05) is 0 Å². The van der Waals surface area contributed by atoms with Gasteiger partial charge in [-0.2, -0.15) is 0 Å². The van der Waals surface area contributed by atoms with E-state index in [0.29, 0.717) is 0 Å². The second kappa shape index (κ2) is 6.08. The predicted octanol–water partition coefficient (Wildman–Crippen LogP) is 4.78. The minimum absolute atomic E-state index is 0.158. The van der Waals surface area contributed by atoms with Gasteiger partial charge in [-0.05, 0) is 56.6 Å². The standard InChI is InChI=1S/C17H16BrNS/c18-16-7-8-20-17(16)11-15(19)10-12-5-6-13-3-1-2-4-14(13)9-12/h1-9,15H,10-11,19H2. The number of hydrogen-bond acceptors (Lipinski definition) is 2. The maximum atomic E-state index is 6.30. The number of hydrogen-bond donors (Lipinski definition) is 1. The molecule has 1 nitrogen and oxygen atoms in total. The average molecular weight is 346 g/mol. The first-order valence-corrected chi connectivity index (χ1v) is 8.35. The van der Waals surface area contributed by atoms with Gasteiger partial charge in [0, 0.05) is 15.4 Å². The van der Waals surface area contributed by atoms with Gasteiger partial charge < -0.3 is 5.73 Å². The van der Waals surface area contributed by atoms with Crippen molar-refractivity contribution in [3.63, 3.8) is 0 Å². The van der Waals surface area contributed by atoms with Crippen LogP contribution in [0.25, 0.3) is 10.8 Å². The molecule has 0 saturated heterocycles. The Morgan fingerprint density at radius 3 is 2.55 bits per heavy atom. The fraction of sp³-hybridized carbons (Fsp3) is 0.176. The molecule has 1 heterocycles. The second-order valence-corrected chi connectivity index (χ2v) is 6.90. The Morgan fingerprint density at radius 2 is 1.80 bits per heavy atom. The van der Waals surface area contributed by atoms with Gasteiger partial charge in [0.15, 0.2) is 0 Å². The molecule has 0 fully saturated rings. The van der Waals surface area contributed by atoms with Crippen molar-refractivity contribution in [3.8, 4) is 0 Å². The Bertz CT molecular complexity index is 720. The van der Waals surface area contributed by atoms with Crippen LogP contribution >= 0.6 is 27.3 Å². The molecule has 3 heteroatoms. The van der Waals surface area contributed by atoms with Crippen molar-refractivity contribution >= 4 is 38.0 Å². The van der Waals surface area contributed by atoms with Crippen LogP contribution in [0.15, 0.2) is 58.4 Å². The van der Waals surface area contributed by atoms with Gasteiger partial charge >= 0.3 is 0 Å². The lowest BCUT2D eigenvalue weighted by atomic mass is 10.0. The molecular weight excluding hydrogens is 330 g/mol. The molecule has 0 aliphatic heterocycles. The molecule has 102 valence electrons. The second-order valence-electron chi connectivity index (χ2n) is 5.04. The fourth-order valence-electron chi connectivity index (χ4n) is 2.45. The van der Waals surface area contributed by atoms with Crippen LogP contribution in [0.1, 0.15) is 10.4 Å². The average Bonchev–Trinajstić information content (AvgIpc) is 2.84. The zero-order chi connectivity index (χ0) is 13.9. The molecule has 3 rings (SSSR count). The molecule has 3 aromatic rings. The Hall–Kier alpha value is -1.16. The molecule has 1 unspecified atom stereocenters. The fourth-order valence-corrected chi connectivity index (χ4v) is 4.06. The zero-order valence-electron chi connectivity index (χ0n) is 11.1. The van der Waals surface area contributed by atoms with Crippen molar-refractivity contribution < 1.29 is 0 Å². The van der Waals surface area contributed by atoms with Crippen molar-refractivity contribution in [2.24, 2.45) is 5.73 Å². The van der Waals surface area contributed by atoms with Crippen LogP contribution in [0.3, 0.4) is 0 Å². The van der Waals surface area contributed by atoms with E-state index in [2.05, 4.69) is 69.8 Å². The van der Waals surface area contributed by atoms with Gasteiger partial charge in [0.1, 0.15) is 0 Å². The van der Waals surface area contributed by atoms with E-state index in [1.165, 1.54) is 25.7 Å². The Labute approximate surface area is 131 Å². The minimum Gasteiger partial charge on any atom is -0.327 e. The summed E-state index contributed by atoms with van der Waals surface area (Å²) in [4.78, 5) is 1.33. The lowest BCUT2D eigenvalue weighted by Gasteiger charge is -2.11. The summed E-state index contributed by atoms with van der Waals surface area (Å²) in [5.74, 6) is 0. The quantitative estimate of drug-likeness (QED) is 0.723. The first-order chi connectivity index (χ1) is 9.72. The number of halogens is 1. The Kier molecular flexibility index (Phi) is 4.20. The van der Waals surface area contributed by atoms with E-state index < -0.39 is 0 Å². The molecule has 2 N–H and O–H groups in total. The summed E-state index contributed by atoms with van der Waals surface area (Å²) in [6.07, 6.45) is 1.83. The molecule has 0 spiro atoms. The van der Waals surface area contributed by atoms with E-state index in [0.717, 1.165) is 12.8 Å². The normalized spacial score (nSPS) is 12.7. The van der Waals surface area contributed by atoms with Gasteiger partial charge in [0.25, 0.3) is 0 Å². The van der Waals surface area contributed by atoms with Gasteiger partial charge in [0.05, 0.1) is 0 Å². The molecule has 20 heavy (non-hydrogen) atoms. The molecule has 0 saturated carbocycles. The minimum atomic E-state index is 0.158. The van der Waals surface area contributed by atoms with Crippen LogP contribution in [0.2, 0.25) is 0 Å². The topological polar surface area (TPSA) is 26.0 Å². The number of thiophene rings is 1. The van der Waals surface area contributed by atoms with Gasteiger partial charge in [0.2, 0.25) is 0 Å². The van der Waals surface area contributed by atoms with Crippen molar-refractivity contribution in [2.45, 2.75) is 18.9 Å². The number of fused-ring (bicyclic) bond motifs is 1. The molecular formula is C17H16BrNS. The first-order valence-electron chi connectivity index (χ1n) is 6.67. The van der Waals surface area contributed by atoms with Crippen molar-refractivity contribution in [3.05, 3.63) is 68.8 Å². The highest BCUT2D eigenvalue weighted by atomic mass is 79.9. The van der Waals surface area contributed by atoms with Gasteiger partial charge in [-0.1, -0.05) is 42.5 Å². The highest BCUT2D eigenvalue weighted by Gasteiger charge is 2.09. The van der Waals surface area contributed by atoms with Crippen LogP contribution in [0, 0.1) is 0 Å². The molecule has 1 atom stereocenters. The highest BCUT2D eigenvalue weighted by molar-refractivity contribution is 9.10. The molecule has 0 bridgehead atoms. The maximum absolute atomic E-state index is 6.30. The van der Waals surface area contributed by atoms with Crippen LogP contribution in [0.5, 0.6) is 0 Å². The van der Waals surface area contributed by atoms with E-state index >= 15 is 0 Å². The SMILES string of the molecule is NC(Cc1ccc2ccccc2c1)Cc1sccc1Br. The van der Waals surface area contributed by atoms with E-state index in [1.54, 1.807) is 11.3 Å². The maximum Gasteiger partial charge on any atom is 0.0314 e. The summed E-state index contributed by atoms with van der Waals surface area (Å²) in [5, 5.41) is 4.67. The van der Waals surface area contributed by atoms with Crippen molar-refractivity contribution in [1.82, 2.24) is 0 Å². The van der Waals surface area contributed by atoms with E-state index in [4.69, 9.17) is 5.73 Å². The largest absolute Gasteiger partial charge is 0.327 e. The Morgan fingerprint density at radius 1 is 1.00 bits per heavy atom. The van der Waals surface area contributed by atoms with Crippen LogP contribution < -0.4 is 5.73 Å². The van der Waals surface area contributed by atoms with Crippen molar-refractivity contribution in [1.29, 1.82) is 0 Å². The number of rotatable bonds is 4. The third-order valence-corrected chi connectivity index (χ3v) is 5.40. The first kappa shape index (κ1) is 13.8. The highest BCUT2D eigenvalue weighted by Crippen LogP contribution is 2.24. The lowest BCUT2D eigenvalue weighted by molar-refractivity contribution is 0.670. The van der Waals surface area contributed by atoms with Crippen LogP contribution in [-0.4, -0.2) is 6.04 Å². The van der Waals surface area contributed by atoms with E-state index in [9.17, 15) is 0 Å². The summed E-state index contributed by atoms with van der Waals surface area (Å²) in [6.45, 7) is 0. The third kappa shape index (κ3) is 3.11. The summed E-state index contributed by atoms with van der Waals surface area (Å²) in [6, 6.07) is 17.3. The number of benzene rings is 2.